The van der Waals surface area contributed by atoms with Crippen molar-refractivity contribution in [3.63, 3.8) is 0 Å². The number of aliphatic hydroxyl groups is 1. The van der Waals surface area contributed by atoms with Gasteiger partial charge in [-0.3, -0.25) is 0 Å². The molecule has 1 aliphatic carbocycles. The standard InChI is InChI=1S/C17H27NO2/c1-12-8-9-16(20-2)14(10-12)15(11-18)17(19)13-6-4-3-5-7-13/h8-10,13,15,17,19H,3-7,11,18H2,1-2H3. The number of nitrogens with two attached hydrogens (primary N) is 1. The van der Waals surface area contributed by atoms with Crippen LogP contribution in [0.2, 0.25) is 0 Å². The highest BCUT2D eigenvalue weighted by Gasteiger charge is 2.30. The Morgan fingerprint density at radius 1 is 1.30 bits per heavy atom. The molecule has 3 heteroatoms. The lowest BCUT2D eigenvalue weighted by molar-refractivity contribution is 0.0617. The molecule has 1 aliphatic rings. The van der Waals surface area contributed by atoms with Gasteiger partial charge in [0.05, 0.1) is 13.2 Å². The number of ether oxygens (including phenoxy) is 1. The number of aliphatic hydroxyl groups excluding tert-OH is 1. The van der Waals surface area contributed by atoms with Crippen LogP contribution in [0.15, 0.2) is 18.2 Å². The number of rotatable bonds is 5. The van der Waals surface area contributed by atoms with Gasteiger partial charge in [-0.25, -0.2) is 0 Å². The van der Waals surface area contributed by atoms with Crippen LogP contribution in [-0.2, 0) is 0 Å². The Balaban J connectivity index is 2.24. The van der Waals surface area contributed by atoms with Gasteiger partial charge in [-0.2, -0.15) is 0 Å². The number of aryl methyl sites for hydroxylation is 1. The predicted molar refractivity (Wildman–Crippen MR) is 82.1 cm³/mol. The molecule has 0 aliphatic heterocycles. The van der Waals surface area contributed by atoms with E-state index in [1.807, 2.05) is 12.1 Å². The maximum atomic E-state index is 10.8. The predicted octanol–water partition coefficient (Wildman–Crippen LogP) is 2.99. The highest BCUT2D eigenvalue weighted by molar-refractivity contribution is 5.40. The summed E-state index contributed by atoms with van der Waals surface area (Å²) in [6, 6.07) is 6.10. The minimum Gasteiger partial charge on any atom is -0.496 e. The van der Waals surface area contributed by atoms with Crippen molar-refractivity contribution in [3.8, 4) is 5.75 Å². The average molecular weight is 277 g/mol. The van der Waals surface area contributed by atoms with Gasteiger partial charge in [0.25, 0.3) is 0 Å². The van der Waals surface area contributed by atoms with E-state index in [0.29, 0.717) is 12.5 Å². The van der Waals surface area contributed by atoms with E-state index in [9.17, 15) is 5.11 Å². The van der Waals surface area contributed by atoms with Crippen LogP contribution in [0.25, 0.3) is 0 Å². The van der Waals surface area contributed by atoms with Gasteiger partial charge < -0.3 is 15.6 Å². The van der Waals surface area contributed by atoms with E-state index < -0.39 is 0 Å². The van der Waals surface area contributed by atoms with Crippen molar-refractivity contribution in [2.45, 2.75) is 51.0 Å². The van der Waals surface area contributed by atoms with E-state index in [-0.39, 0.29) is 12.0 Å². The summed E-state index contributed by atoms with van der Waals surface area (Å²) in [6.07, 6.45) is 5.62. The Labute approximate surface area is 122 Å². The fourth-order valence-corrected chi connectivity index (χ4v) is 3.40. The number of hydrogen-bond acceptors (Lipinski definition) is 3. The molecule has 2 rings (SSSR count). The van der Waals surface area contributed by atoms with Crippen LogP contribution in [-0.4, -0.2) is 24.9 Å². The highest BCUT2D eigenvalue weighted by atomic mass is 16.5. The van der Waals surface area contributed by atoms with Crippen molar-refractivity contribution in [3.05, 3.63) is 29.3 Å². The maximum absolute atomic E-state index is 10.8. The number of benzene rings is 1. The van der Waals surface area contributed by atoms with Gasteiger partial charge in [0.2, 0.25) is 0 Å². The molecule has 0 aromatic heterocycles. The molecule has 0 radical (unpaired) electrons. The van der Waals surface area contributed by atoms with Gasteiger partial charge in [-0.1, -0.05) is 37.0 Å². The molecule has 1 saturated carbocycles. The van der Waals surface area contributed by atoms with Crippen LogP contribution in [0.5, 0.6) is 5.75 Å². The van der Waals surface area contributed by atoms with Crippen molar-refractivity contribution in [2.24, 2.45) is 11.7 Å². The van der Waals surface area contributed by atoms with E-state index in [4.69, 9.17) is 10.5 Å². The third-order valence-corrected chi connectivity index (χ3v) is 4.58. The monoisotopic (exact) mass is 277 g/mol. The summed E-state index contributed by atoms with van der Waals surface area (Å²) >= 11 is 0. The average Bonchev–Trinajstić information content (AvgIpc) is 2.49. The van der Waals surface area contributed by atoms with E-state index in [1.165, 1.54) is 24.8 Å². The van der Waals surface area contributed by atoms with Crippen molar-refractivity contribution in [2.75, 3.05) is 13.7 Å². The first-order valence-electron chi connectivity index (χ1n) is 7.70. The molecule has 3 nitrogen and oxygen atoms in total. The SMILES string of the molecule is COc1ccc(C)cc1C(CN)C(O)C1CCCCC1. The van der Waals surface area contributed by atoms with Gasteiger partial charge in [-0.15, -0.1) is 0 Å². The summed E-state index contributed by atoms with van der Waals surface area (Å²) in [7, 11) is 1.68. The van der Waals surface area contributed by atoms with Crippen LogP contribution < -0.4 is 10.5 Å². The summed E-state index contributed by atoms with van der Waals surface area (Å²) in [4.78, 5) is 0. The van der Waals surface area contributed by atoms with Crippen LogP contribution in [0, 0.1) is 12.8 Å². The zero-order valence-corrected chi connectivity index (χ0v) is 12.6. The topological polar surface area (TPSA) is 55.5 Å². The molecule has 0 saturated heterocycles. The summed E-state index contributed by atoms with van der Waals surface area (Å²) < 4.78 is 5.45. The fraction of sp³-hybridized carbons (Fsp3) is 0.647. The molecule has 2 atom stereocenters. The van der Waals surface area contributed by atoms with Gasteiger partial charge in [0, 0.05) is 18.0 Å². The Kier molecular flexibility index (Phi) is 5.44. The second kappa shape index (κ2) is 7.09. The van der Waals surface area contributed by atoms with Crippen molar-refractivity contribution < 1.29 is 9.84 Å². The molecule has 1 aromatic rings. The fourth-order valence-electron chi connectivity index (χ4n) is 3.40. The van der Waals surface area contributed by atoms with Crippen LogP contribution in [0.4, 0.5) is 0 Å². The first-order chi connectivity index (χ1) is 9.67. The molecule has 1 fully saturated rings. The Hall–Kier alpha value is -1.06. The lowest BCUT2D eigenvalue weighted by Crippen LogP contribution is -2.33. The molecule has 1 aromatic carbocycles. The van der Waals surface area contributed by atoms with Crippen molar-refractivity contribution in [1.29, 1.82) is 0 Å². The Bertz CT molecular complexity index is 427. The summed E-state index contributed by atoms with van der Waals surface area (Å²) in [5.41, 5.74) is 8.20. The normalized spacial score (nSPS) is 19.6. The van der Waals surface area contributed by atoms with E-state index in [1.54, 1.807) is 7.11 Å². The van der Waals surface area contributed by atoms with Crippen molar-refractivity contribution in [1.82, 2.24) is 0 Å². The van der Waals surface area contributed by atoms with Crippen molar-refractivity contribution >= 4 is 0 Å². The third kappa shape index (κ3) is 3.33. The zero-order chi connectivity index (χ0) is 14.5. The lowest BCUT2D eigenvalue weighted by atomic mass is 9.78. The van der Waals surface area contributed by atoms with Gasteiger partial charge >= 0.3 is 0 Å². The third-order valence-electron chi connectivity index (χ3n) is 4.58. The van der Waals surface area contributed by atoms with Crippen LogP contribution in [0.3, 0.4) is 0 Å². The highest BCUT2D eigenvalue weighted by Crippen LogP contribution is 2.36. The zero-order valence-electron chi connectivity index (χ0n) is 12.6. The first-order valence-corrected chi connectivity index (χ1v) is 7.70. The van der Waals surface area contributed by atoms with E-state index >= 15 is 0 Å². The number of hydrogen-bond donors (Lipinski definition) is 2. The molecule has 0 heterocycles. The molecule has 0 spiro atoms. The number of methoxy groups -OCH3 is 1. The van der Waals surface area contributed by atoms with Crippen LogP contribution in [0.1, 0.15) is 49.1 Å². The molecular formula is C17H27NO2. The Morgan fingerprint density at radius 2 is 2.00 bits per heavy atom. The summed E-state index contributed by atoms with van der Waals surface area (Å²) in [5, 5.41) is 10.8. The molecule has 0 amide bonds. The smallest absolute Gasteiger partial charge is 0.122 e. The maximum Gasteiger partial charge on any atom is 0.122 e. The quantitative estimate of drug-likeness (QED) is 0.870. The summed E-state index contributed by atoms with van der Waals surface area (Å²) in [6.45, 7) is 2.51. The largest absolute Gasteiger partial charge is 0.496 e. The lowest BCUT2D eigenvalue weighted by Gasteiger charge is -2.32. The first kappa shape index (κ1) is 15.3. The Morgan fingerprint density at radius 3 is 2.60 bits per heavy atom. The summed E-state index contributed by atoms with van der Waals surface area (Å²) in [5.74, 6) is 1.18. The van der Waals surface area contributed by atoms with Gasteiger partial charge in [0.15, 0.2) is 0 Å². The molecule has 20 heavy (non-hydrogen) atoms. The minimum atomic E-state index is -0.365. The van der Waals surface area contributed by atoms with E-state index in [0.717, 1.165) is 24.2 Å². The molecule has 112 valence electrons. The molecular weight excluding hydrogens is 250 g/mol. The second-order valence-electron chi connectivity index (χ2n) is 5.98. The van der Waals surface area contributed by atoms with E-state index in [2.05, 4.69) is 13.0 Å². The van der Waals surface area contributed by atoms with Gasteiger partial charge in [-0.05, 0) is 31.7 Å². The molecule has 3 N–H and O–H groups in total. The minimum absolute atomic E-state index is 0.0343. The molecule has 0 bridgehead atoms. The molecule has 2 unspecified atom stereocenters. The van der Waals surface area contributed by atoms with Crippen LogP contribution >= 0.6 is 0 Å². The second-order valence-corrected chi connectivity index (χ2v) is 5.98. The van der Waals surface area contributed by atoms with Gasteiger partial charge in [0.1, 0.15) is 5.75 Å².